The topological polar surface area (TPSA) is 65.1 Å². The Hall–Kier alpha value is -0.830. The normalized spacial score (nSPS) is 26.5. The van der Waals surface area contributed by atoms with Gasteiger partial charge in [0, 0.05) is 63.9 Å². The Kier molecular flexibility index (Phi) is 6.15. The molecule has 0 aromatic carbocycles. The summed E-state index contributed by atoms with van der Waals surface area (Å²) >= 11 is 1.76. The van der Waals surface area contributed by atoms with Gasteiger partial charge in [-0.25, -0.2) is 0 Å². The number of rotatable bonds is 4. The number of carbonyl (C=O) groups excluding carboxylic acids is 2. The highest BCUT2D eigenvalue weighted by molar-refractivity contribution is 7.99. The van der Waals surface area contributed by atoms with Crippen LogP contribution in [-0.4, -0.2) is 103 Å². The second-order valence-electron chi connectivity index (χ2n) is 6.18. The fourth-order valence-corrected chi connectivity index (χ4v) is 4.12. The van der Waals surface area contributed by atoms with E-state index >= 15 is 0 Å². The van der Waals surface area contributed by atoms with Gasteiger partial charge in [-0.15, -0.1) is 11.8 Å². The third-order valence-electron chi connectivity index (χ3n) is 4.70. The third kappa shape index (κ3) is 4.59. The predicted molar refractivity (Wildman–Crippen MR) is 89.3 cm³/mol. The summed E-state index contributed by atoms with van der Waals surface area (Å²) in [5.41, 5.74) is 0. The summed E-state index contributed by atoms with van der Waals surface area (Å²) in [6.45, 7) is 6.82. The molecule has 0 aliphatic carbocycles. The molecule has 3 aliphatic heterocycles. The number of carbonyl (C=O) groups is 2. The van der Waals surface area contributed by atoms with Gasteiger partial charge in [0.2, 0.25) is 11.8 Å². The molecule has 2 amide bonds. The molecule has 0 aromatic rings. The van der Waals surface area contributed by atoms with Crippen molar-refractivity contribution in [3.05, 3.63) is 0 Å². The van der Waals surface area contributed by atoms with E-state index in [1.165, 1.54) is 0 Å². The zero-order valence-corrected chi connectivity index (χ0v) is 14.4. The Bertz CT molecular complexity index is 417. The van der Waals surface area contributed by atoms with Gasteiger partial charge in [0.05, 0.1) is 19.3 Å². The van der Waals surface area contributed by atoms with Crippen molar-refractivity contribution in [1.82, 2.24) is 20.0 Å². The van der Waals surface area contributed by atoms with Crippen LogP contribution in [0.2, 0.25) is 0 Å². The Balaban J connectivity index is 1.37. The monoisotopic (exact) mass is 342 g/mol. The lowest BCUT2D eigenvalue weighted by atomic mass is 10.2. The molecule has 0 aromatic heterocycles. The van der Waals surface area contributed by atoms with Gasteiger partial charge in [0.1, 0.15) is 0 Å². The molecule has 0 bridgehead atoms. The summed E-state index contributed by atoms with van der Waals surface area (Å²) in [4.78, 5) is 30.7. The summed E-state index contributed by atoms with van der Waals surface area (Å²) in [6.07, 6.45) is 0.564. The van der Waals surface area contributed by atoms with Gasteiger partial charge in [0.25, 0.3) is 0 Å². The molecule has 7 nitrogen and oxygen atoms in total. The Morgan fingerprint density at radius 3 is 2.39 bits per heavy atom. The van der Waals surface area contributed by atoms with Crippen molar-refractivity contribution in [2.24, 2.45) is 0 Å². The second-order valence-corrected chi connectivity index (χ2v) is 7.21. The van der Waals surface area contributed by atoms with E-state index in [9.17, 15) is 9.59 Å². The lowest BCUT2D eigenvalue weighted by Gasteiger charge is -2.36. The molecule has 0 radical (unpaired) electrons. The first kappa shape index (κ1) is 17.0. The van der Waals surface area contributed by atoms with Crippen molar-refractivity contribution in [1.29, 1.82) is 0 Å². The van der Waals surface area contributed by atoms with Crippen LogP contribution in [0, 0.1) is 0 Å². The molecule has 8 heteroatoms. The molecule has 130 valence electrons. The smallest absolute Gasteiger partial charge is 0.240 e. The maximum atomic E-state index is 12.3. The summed E-state index contributed by atoms with van der Waals surface area (Å²) in [6, 6.07) is -0.0384. The largest absolute Gasteiger partial charge is 0.379 e. The predicted octanol–water partition coefficient (Wildman–Crippen LogP) is -0.958. The van der Waals surface area contributed by atoms with Gasteiger partial charge in [0.15, 0.2) is 0 Å². The van der Waals surface area contributed by atoms with E-state index in [0.29, 0.717) is 32.6 Å². The van der Waals surface area contributed by atoms with Crippen molar-refractivity contribution in [3.63, 3.8) is 0 Å². The number of nitrogens with zero attached hydrogens (tertiary/aromatic N) is 3. The minimum atomic E-state index is -0.0384. The first-order valence-electron chi connectivity index (χ1n) is 8.42. The lowest BCUT2D eigenvalue weighted by molar-refractivity contribution is -0.140. The van der Waals surface area contributed by atoms with Gasteiger partial charge in [-0.3, -0.25) is 19.8 Å². The van der Waals surface area contributed by atoms with E-state index < -0.39 is 0 Å². The Labute approximate surface area is 141 Å². The molecule has 3 fully saturated rings. The van der Waals surface area contributed by atoms with Crippen LogP contribution in [0.3, 0.4) is 0 Å². The molecule has 1 unspecified atom stereocenters. The second kappa shape index (κ2) is 8.32. The van der Waals surface area contributed by atoms with E-state index in [2.05, 4.69) is 10.2 Å². The van der Waals surface area contributed by atoms with Crippen molar-refractivity contribution < 1.29 is 14.3 Å². The number of piperazine rings is 1. The third-order valence-corrected chi connectivity index (χ3v) is 5.64. The molecule has 3 rings (SSSR count). The van der Waals surface area contributed by atoms with Gasteiger partial charge in [-0.1, -0.05) is 0 Å². The highest BCUT2D eigenvalue weighted by atomic mass is 32.2. The zero-order chi connectivity index (χ0) is 16.1. The van der Waals surface area contributed by atoms with Crippen LogP contribution in [0.4, 0.5) is 0 Å². The highest BCUT2D eigenvalue weighted by Crippen LogP contribution is 2.14. The standard InChI is InChI=1S/C15H26N4O3S/c20-14(1-2-17-7-9-22-10-8-17)18-3-5-19(6-4-18)15(21)13-11-23-12-16-13/h13,16H,1-12H2. The summed E-state index contributed by atoms with van der Waals surface area (Å²) in [5.74, 6) is 2.11. The fourth-order valence-electron chi connectivity index (χ4n) is 3.19. The molecule has 0 spiro atoms. The average molecular weight is 342 g/mol. The molecule has 23 heavy (non-hydrogen) atoms. The van der Waals surface area contributed by atoms with Gasteiger partial charge in [-0.05, 0) is 0 Å². The summed E-state index contributed by atoms with van der Waals surface area (Å²) in [5, 5.41) is 3.22. The molecule has 0 saturated carbocycles. The minimum absolute atomic E-state index is 0.0384. The summed E-state index contributed by atoms with van der Waals surface area (Å²) < 4.78 is 5.32. The van der Waals surface area contributed by atoms with Crippen molar-refractivity contribution >= 4 is 23.6 Å². The number of ether oxygens (including phenoxy) is 1. The first-order valence-corrected chi connectivity index (χ1v) is 9.57. The van der Waals surface area contributed by atoms with Crippen LogP contribution in [0.5, 0.6) is 0 Å². The van der Waals surface area contributed by atoms with Crippen LogP contribution in [0.1, 0.15) is 6.42 Å². The van der Waals surface area contributed by atoms with E-state index in [1.54, 1.807) is 11.8 Å². The van der Waals surface area contributed by atoms with Crippen LogP contribution in [-0.2, 0) is 14.3 Å². The number of amides is 2. The summed E-state index contributed by atoms with van der Waals surface area (Å²) in [7, 11) is 0. The van der Waals surface area contributed by atoms with Crippen molar-refractivity contribution in [2.45, 2.75) is 12.5 Å². The fraction of sp³-hybridized carbons (Fsp3) is 0.867. The average Bonchev–Trinajstić information content (AvgIpc) is 3.15. The van der Waals surface area contributed by atoms with Crippen LogP contribution >= 0.6 is 11.8 Å². The molecular weight excluding hydrogens is 316 g/mol. The Morgan fingerprint density at radius 1 is 1.04 bits per heavy atom. The highest BCUT2D eigenvalue weighted by Gasteiger charge is 2.30. The van der Waals surface area contributed by atoms with Crippen LogP contribution in [0.25, 0.3) is 0 Å². The molecule has 3 aliphatic rings. The number of thioether (sulfide) groups is 1. The van der Waals surface area contributed by atoms with Crippen molar-refractivity contribution in [3.8, 4) is 0 Å². The molecule has 3 saturated heterocycles. The van der Waals surface area contributed by atoms with Gasteiger partial charge in [-0.2, -0.15) is 0 Å². The van der Waals surface area contributed by atoms with Crippen LogP contribution < -0.4 is 5.32 Å². The molecule has 1 atom stereocenters. The SMILES string of the molecule is O=C(CCN1CCOCC1)N1CCN(C(=O)C2CSCN2)CC1. The molecule has 1 N–H and O–H groups in total. The van der Waals surface area contributed by atoms with E-state index in [-0.39, 0.29) is 17.9 Å². The number of hydrogen-bond acceptors (Lipinski definition) is 6. The van der Waals surface area contributed by atoms with Crippen molar-refractivity contribution in [2.75, 3.05) is 70.7 Å². The zero-order valence-electron chi connectivity index (χ0n) is 13.5. The number of nitrogens with one attached hydrogen (secondary N) is 1. The Morgan fingerprint density at radius 2 is 1.74 bits per heavy atom. The minimum Gasteiger partial charge on any atom is -0.379 e. The molecular formula is C15H26N4O3S. The van der Waals surface area contributed by atoms with Gasteiger partial charge < -0.3 is 14.5 Å². The number of morpholine rings is 1. The van der Waals surface area contributed by atoms with Crippen LogP contribution in [0.15, 0.2) is 0 Å². The van der Waals surface area contributed by atoms with E-state index in [4.69, 9.17) is 4.74 Å². The maximum absolute atomic E-state index is 12.3. The van der Waals surface area contributed by atoms with E-state index in [0.717, 1.165) is 44.5 Å². The number of hydrogen-bond donors (Lipinski definition) is 1. The first-order chi connectivity index (χ1) is 11.2. The quantitative estimate of drug-likeness (QED) is 0.710. The van der Waals surface area contributed by atoms with Gasteiger partial charge >= 0.3 is 0 Å². The maximum Gasteiger partial charge on any atom is 0.240 e. The molecule has 3 heterocycles. The lowest BCUT2D eigenvalue weighted by Crippen LogP contribution is -2.55. The van der Waals surface area contributed by atoms with E-state index in [1.807, 2.05) is 9.80 Å².